The first-order valence-corrected chi connectivity index (χ1v) is 8.35. The lowest BCUT2D eigenvalue weighted by Crippen LogP contribution is -2.13. The number of anilines is 1. The Kier molecular flexibility index (Phi) is 3.76. The van der Waals surface area contributed by atoms with Crippen LogP contribution in [0.25, 0.3) is 21.5 Å². The highest BCUT2D eigenvalue weighted by Crippen LogP contribution is 2.23. The maximum Gasteiger partial charge on any atom is 0.274 e. The van der Waals surface area contributed by atoms with E-state index in [-0.39, 0.29) is 5.91 Å². The molecule has 2 heterocycles. The standard InChI is InChI=1S/C19H13N3OS/c23-18(17-10-7-13-3-1-2-4-16(13)22-17)21-15-8-5-14(6-9-15)19-20-11-12-24-19/h1-12H,(H,21,23). The fourth-order valence-electron chi connectivity index (χ4n) is 2.45. The molecule has 0 aliphatic heterocycles. The molecule has 5 heteroatoms. The van der Waals surface area contributed by atoms with Crippen LogP contribution in [0.5, 0.6) is 0 Å². The van der Waals surface area contributed by atoms with Crippen molar-refractivity contribution in [2.45, 2.75) is 0 Å². The molecule has 0 fully saturated rings. The highest BCUT2D eigenvalue weighted by molar-refractivity contribution is 7.13. The van der Waals surface area contributed by atoms with Crippen molar-refractivity contribution >= 4 is 33.8 Å². The van der Waals surface area contributed by atoms with E-state index in [0.717, 1.165) is 27.2 Å². The van der Waals surface area contributed by atoms with Gasteiger partial charge in [0.1, 0.15) is 10.7 Å². The van der Waals surface area contributed by atoms with Crippen LogP contribution in [0.3, 0.4) is 0 Å². The van der Waals surface area contributed by atoms with Gasteiger partial charge in [-0.2, -0.15) is 0 Å². The highest BCUT2D eigenvalue weighted by Gasteiger charge is 2.09. The largest absolute Gasteiger partial charge is 0.321 e. The minimum absolute atomic E-state index is 0.220. The summed E-state index contributed by atoms with van der Waals surface area (Å²) >= 11 is 1.59. The summed E-state index contributed by atoms with van der Waals surface area (Å²) in [5.74, 6) is -0.220. The van der Waals surface area contributed by atoms with Gasteiger partial charge in [0.2, 0.25) is 0 Å². The second-order valence-electron chi connectivity index (χ2n) is 5.26. The van der Waals surface area contributed by atoms with Crippen LogP contribution in [0.4, 0.5) is 5.69 Å². The van der Waals surface area contributed by atoms with Crippen molar-refractivity contribution in [1.29, 1.82) is 0 Å². The Balaban J connectivity index is 1.54. The minimum Gasteiger partial charge on any atom is -0.321 e. The van der Waals surface area contributed by atoms with Gasteiger partial charge in [-0.1, -0.05) is 24.3 Å². The van der Waals surface area contributed by atoms with Gasteiger partial charge < -0.3 is 5.32 Å². The second kappa shape index (κ2) is 6.22. The Labute approximate surface area is 142 Å². The van der Waals surface area contributed by atoms with Crippen LogP contribution in [0.1, 0.15) is 10.5 Å². The number of hydrogen-bond acceptors (Lipinski definition) is 4. The average Bonchev–Trinajstić information content (AvgIpc) is 3.16. The zero-order valence-corrected chi connectivity index (χ0v) is 13.5. The number of thiazole rings is 1. The number of carbonyl (C=O) groups is 1. The number of aromatic nitrogens is 2. The first-order valence-electron chi connectivity index (χ1n) is 7.47. The van der Waals surface area contributed by atoms with Gasteiger partial charge in [-0.3, -0.25) is 4.79 Å². The third kappa shape index (κ3) is 2.89. The number of carbonyl (C=O) groups excluding carboxylic acids is 1. The maximum atomic E-state index is 12.4. The normalized spacial score (nSPS) is 10.7. The Bertz CT molecular complexity index is 995. The molecule has 2 aromatic carbocycles. The number of nitrogens with one attached hydrogen (secondary N) is 1. The van der Waals surface area contributed by atoms with E-state index >= 15 is 0 Å². The summed E-state index contributed by atoms with van der Waals surface area (Å²) in [5.41, 5.74) is 2.98. The molecule has 0 aliphatic rings. The van der Waals surface area contributed by atoms with Gasteiger partial charge in [0.25, 0.3) is 5.91 Å². The third-order valence-corrected chi connectivity index (χ3v) is 4.48. The van der Waals surface area contributed by atoms with Gasteiger partial charge in [-0.05, 0) is 36.4 Å². The molecule has 116 valence electrons. The van der Waals surface area contributed by atoms with Crippen molar-refractivity contribution in [3.05, 3.63) is 77.9 Å². The number of fused-ring (bicyclic) bond motifs is 1. The van der Waals surface area contributed by atoms with Gasteiger partial charge in [-0.25, -0.2) is 9.97 Å². The van der Waals surface area contributed by atoms with Crippen LogP contribution in [-0.2, 0) is 0 Å². The van der Waals surface area contributed by atoms with E-state index in [9.17, 15) is 4.79 Å². The van der Waals surface area contributed by atoms with E-state index in [0.29, 0.717) is 5.69 Å². The lowest BCUT2D eigenvalue weighted by Gasteiger charge is -2.06. The molecule has 1 amide bonds. The van der Waals surface area contributed by atoms with Gasteiger partial charge >= 0.3 is 0 Å². The lowest BCUT2D eigenvalue weighted by atomic mass is 10.2. The van der Waals surface area contributed by atoms with Crippen molar-refractivity contribution in [2.75, 3.05) is 5.32 Å². The highest BCUT2D eigenvalue weighted by atomic mass is 32.1. The molecule has 0 bridgehead atoms. The number of benzene rings is 2. The quantitative estimate of drug-likeness (QED) is 0.596. The summed E-state index contributed by atoms with van der Waals surface area (Å²) in [6, 6.07) is 19.0. The van der Waals surface area contributed by atoms with E-state index in [1.165, 1.54) is 0 Å². The summed E-state index contributed by atoms with van der Waals surface area (Å²) in [5, 5.41) is 6.80. The molecule has 1 N–H and O–H groups in total. The van der Waals surface area contributed by atoms with Crippen LogP contribution in [-0.4, -0.2) is 15.9 Å². The molecule has 2 aromatic heterocycles. The van der Waals surface area contributed by atoms with Crippen LogP contribution in [0.2, 0.25) is 0 Å². The predicted octanol–water partition coefficient (Wildman–Crippen LogP) is 4.61. The number of pyridine rings is 1. The van der Waals surface area contributed by atoms with E-state index in [1.807, 2.05) is 60.0 Å². The predicted molar refractivity (Wildman–Crippen MR) is 97.2 cm³/mol. The number of para-hydroxylation sites is 1. The van der Waals surface area contributed by atoms with Crippen molar-refractivity contribution in [2.24, 2.45) is 0 Å². The lowest BCUT2D eigenvalue weighted by molar-refractivity contribution is 0.102. The van der Waals surface area contributed by atoms with Crippen LogP contribution >= 0.6 is 11.3 Å². The molecule has 0 radical (unpaired) electrons. The van der Waals surface area contributed by atoms with Crippen LogP contribution < -0.4 is 5.32 Å². The number of nitrogens with zero attached hydrogens (tertiary/aromatic N) is 2. The molecule has 0 aliphatic carbocycles. The van der Waals surface area contributed by atoms with E-state index in [1.54, 1.807) is 23.6 Å². The Morgan fingerprint density at radius 2 is 1.79 bits per heavy atom. The molecule has 0 saturated carbocycles. The van der Waals surface area contributed by atoms with Crippen molar-refractivity contribution in [3.8, 4) is 10.6 Å². The zero-order chi connectivity index (χ0) is 16.4. The molecule has 4 rings (SSSR count). The SMILES string of the molecule is O=C(Nc1ccc(-c2nccs2)cc1)c1ccc2ccccc2n1. The first-order chi connectivity index (χ1) is 11.8. The Morgan fingerprint density at radius 1 is 0.958 bits per heavy atom. The molecule has 4 nitrogen and oxygen atoms in total. The number of amides is 1. The first kappa shape index (κ1) is 14.5. The summed E-state index contributed by atoms with van der Waals surface area (Å²) in [4.78, 5) is 21.1. The average molecular weight is 331 g/mol. The van der Waals surface area contributed by atoms with Crippen molar-refractivity contribution in [1.82, 2.24) is 9.97 Å². The fraction of sp³-hybridized carbons (Fsp3) is 0. The monoisotopic (exact) mass is 331 g/mol. The fourth-order valence-corrected chi connectivity index (χ4v) is 3.09. The molecule has 0 spiro atoms. The summed E-state index contributed by atoms with van der Waals surface area (Å²) in [7, 11) is 0. The van der Waals surface area contributed by atoms with Crippen LogP contribution in [0, 0.1) is 0 Å². The second-order valence-corrected chi connectivity index (χ2v) is 6.15. The number of hydrogen-bond donors (Lipinski definition) is 1. The van der Waals surface area contributed by atoms with E-state index in [4.69, 9.17) is 0 Å². The molecule has 0 atom stereocenters. The molecule has 4 aromatic rings. The summed E-state index contributed by atoms with van der Waals surface area (Å²) in [6.45, 7) is 0. The van der Waals surface area contributed by atoms with Crippen molar-refractivity contribution in [3.63, 3.8) is 0 Å². The summed E-state index contributed by atoms with van der Waals surface area (Å²) < 4.78 is 0. The topological polar surface area (TPSA) is 54.9 Å². The molecule has 24 heavy (non-hydrogen) atoms. The summed E-state index contributed by atoms with van der Waals surface area (Å²) in [6.07, 6.45) is 1.78. The maximum absolute atomic E-state index is 12.4. The molecule has 0 unspecified atom stereocenters. The Morgan fingerprint density at radius 3 is 2.58 bits per heavy atom. The van der Waals surface area contributed by atoms with Gasteiger partial charge in [-0.15, -0.1) is 11.3 Å². The van der Waals surface area contributed by atoms with Gasteiger partial charge in [0, 0.05) is 28.2 Å². The third-order valence-electron chi connectivity index (χ3n) is 3.65. The van der Waals surface area contributed by atoms with E-state index < -0.39 is 0 Å². The van der Waals surface area contributed by atoms with E-state index in [2.05, 4.69) is 15.3 Å². The molecular formula is C19H13N3OS. The minimum atomic E-state index is -0.220. The van der Waals surface area contributed by atoms with Crippen molar-refractivity contribution < 1.29 is 4.79 Å². The smallest absolute Gasteiger partial charge is 0.274 e. The molecular weight excluding hydrogens is 318 g/mol. The van der Waals surface area contributed by atoms with Gasteiger partial charge in [0.15, 0.2) is 0 Å². The molecule has 0 saturated heterocycles. The Hall–Kier alpha value is -3.05. The van der Waals surface area contributed by atoms with Gasteiger partial charge in [0.05, 0.1) is 5.52 Å². The van der Waals surface area contributed by atoms with Crippen LogP contribution in [0.15, 0.2) is 72.2 Å². The zero-order valence-electron chi connectivity index (χ0n) is 12.6. The number of rotatable bonds is 3.